The van der Waals surface area contributed by atoms with Crippen molar-refractivity contribution in [1.29, 1.82) is 0 Å². The Bertz CT molecular complexity index is 598. The van der Waals surface area contributed by atoms with Gasteiger partial charge >= 0.3 is 0 Å². The lowest BCUT2D eigenvalue weighted by Gasteiger charge is -2.24. The van der Waals surface area contributed by atoms with Crippen LogP contribution < -0.4 is 15.4 Å². The van der Waals surface area contributed by atoms with Crippen molar-refractivity contribution >= 4 is 29.9 Å². The van der Waals surface area contributed by atoms with Gasteiger partial charge in [-0.25, -0.2) is 0 Å². The number of ether oxygens (including phenoxy) is 2. The summed E-state index contributed by atoms with van der Waals surface area (Å²) in [5.74, 6) is 1.77. The first-order chi connectivity index (χ1) is 13.2. The number of rotatable bonds is 10. The number of nitrogens with zero attached hydrogens (tertiary/aromatic N) is 2. The quantitative estimate of drug-likeness (QED) is 0.222. The van der Waals surface area contributed by atoms with Crippen molar-refractivity contribution in [3.05, 3.63) is 29.3 Å². The number of nitrogens with one attached hydrogen (secondary N) is 2. The van der Waals surface area contributed by atoms with E-state index < -0.39 is 0 Å². The molecule has 0 radical (unpaired) electrons. The van der Waals surface area contributed by atoms with Crippen LogP contribution in [0.15, 0.2) is 23.2 Å². The standard InChI is InChI=1S/C21H36N4O2.HI/c1-5-25-11-6-8-19(25)16-24-21(22-3)23-15-18-10-9-17(2)14-20(18)27-13-7-12-26-4;/h9-10,14,19H,5-8,11-13,15-16H2,1-4H3,(H2,22,23,24);1H. The van der Waals surface area contributed by atoms with Crippen molar-refractivity contribution in [2.24, 2.45) is 4.99 Å². The van der Waals surface area contributed by atoms with Crippen molar-refractivity contribution < 1.29 is 9.47 Å². The van der Waals surface area contributed by atoms with Gasteiger partial charge in [-0.05, 0) is 44.5 Å². The van der Waals surface area contributed by atoms with Crippen LogP contribution >= 0.6 is 24.0 Å². The van der Waals surface area contributed by atoms with E-state index in [0.717, 1.165) is 36.8 Å². The fourth-order valence-electron chi connectivity index (χ4n) is 3.48. The molecule has 6 nitrogen and oxygen atoms in total. The summed E-state index contributed by atoms with van der Waals surface area (Å²) >= 11 is 0. The monoisotopic (exact) mass is 504 g/mol. The number of guanidine groups is 1. The SMILES string of the molecule is CCN1CCCC1CNC(=NC)NCc1ccc(C)cc1OCCCOC.I. The van der Waals surface area contributed by atoms with E-state index in [1.165, 1.54) is 24.9 Å². The van der Waals surface area contributed by atoms with Gasteiger partial charge in [0.2, 0.25) is 0 Å². The van der Waals surface area contributed by atoms with Crippen molar-refractivity contribution in [2.45, 2.75) is 45.7 Å². The Balaban J connectivity index is 0.00000392. The summed E-state index contributed by atoms with van der Waals surface area (Å²) in [6.07, 6.45) is 3.43. The highest BCUT2D eigenvalue weighted by Crippen LogP contribution is 2.20. The molecular weight excluding hydrogens is 467 g/mol. The third-order valence-electron chi connectivity index (χ3n) is 5.05. The molecule has 28 heavy (non-hydrogen) atoms. The van der Waals surface area contributed by atoms with Gasteiger partial charge in [0.1, 0.15) is 5.75 Å². The van der Waals surface area contributed by atoms with Crippen LogP contribution in [-0.2, 0) is 11.3 Å². The number of benzene rings is 1. The zero-order valence-corrected chi connectivity index (χ0v) is 20.1. The minimum Gasteiger partial charge on any atom is -0.493 e. The maximum atomic E-state index is 5.97. The molecule has 1 atom stereocenters. The van der Waals surface area contributed by atoms with E-state index in [1.807, 2.05) is 7.05 Å². The minimum absolute atomic E-state index is 0. The average molecular weight is 504 g/mol. The summed E-state index contributed by atoms with van der Waals surface area (Å²) < 4.78 is 11.1. The average Bonchev–Trinajstić information content (AvgIpc) is 3.14. The second-order valence-electron chi connectivity index (χ2n) is 7.04. The summed E-state index contributed by atoms with van der Waals surface area (Å²) in [5.41, 5.74) is 2.33. The molecule has 160 valence electrons. The van der Waals surface area contributed by atoms with Crippen LogP contribution in [0.2, 0.25) is 0 Å². The molecule has 0 aromatic heterocycles. The number of aryl methyl sites for hydroxylation is 1. The molecule has 0 saturated carbocycles. The number of hydrogen-bond acceptors (Lipinski definition) is 4. The molecule has 2 rings (SSSR count). The predicted molar refractivity (Wildman–Crippen MR) is 127 cm³/mol. The molecule has 0 bridgehead atoms. The molecule has 0 amide bonds. The van der Waals surface area contributed by atoms with E-state index in [9.17, 15) is 0 Å². The zero-order chi connectivity index (χ0) is 19.5. The van der Waals surface area contributed by atoms with Crippen molar-refractivity contribution in [1.82, 2.24) is 15.5 Å². The molecule has 1 aromatic rings. The van der Waals surface area contributed by atoms with Crippen LogP contribution in [0.25, 0.3) is 0 Å². The molecule has 1 heterocycles. The highest BCUT2D eigenvalue weighted by Gasteiger charge is 2.22. The Morgan fingerprint density at radius 3 is 2.82 bits per heavy atom. The Morgan fingerprint density at radius 2 is 2.11 bits per heavy atom. The first-order valence-electron chi connectivity index (χ1n) is 10.1. The highest BCUT2D eigenvalue weighted by molar-refractivity contribution is 14.0. The normalized spacial score (nSPS) is 17.3. The van der Waals surface area contributed by atoms with Gasteiger partial charge < -0.3 is 20.1 Å². The lowest BCUT2D eigenvalue weighted by molar-refractivity contribution is 0.171. The molecule has 1 aromatic carbocycles. The van der Waals surface area contributed by atoms with E-state index in [4.69, 9.17) is 9.47 Å². The summed E-state index contributed by atoms with van der Waals surface area (Å²) in [6.45, 7) is 9.63. The Morgan fingerprint density at radius 1 is 1.29 bits per heavy atom. The second kappa shape index (κ2) is 14.0. The largest absolute Gasteiger partial charge is 0.493 e. The molecule has 7 heteroatoms. The van der Waals surface area contributed by atoms with E-state index in [2.05, 4.69) is 52.6 Å². The van der Waals surface area contributed by atoms with Gasteiger partial charge in [-0.2, -0.15) is 0 Å². The van der Waals surface area contributed by atoms with Crippen LogP contribution in [-0.4, -0.2) is 63.9 Å². The first kappa shape index (κ1) is 25.0. The van der Waals surface area contributed by atoms with Gasteiger partial charge in [-0.1, -0.05) is 19.1 Å². The summed E-state index contributed by atoms with van der Waals surface area (Å²) in [5, 5.41) is 6.90. The summed E-state index contributed by atoms with van der Waals surface area (Å²) in [7, 11) is 3.53. The van der Waals surface area contributed by atoms with Gasteiger partial charge in [0.25, 0.3) is 0 Å². The van der Waals surface area contributed by atoms with Crippen LogP contribution in [0.4, 0.5) is 0 Å². The molecule has 0 aliphatic carbocycles. The molecule has 1 fully saturated rings. The van der Waals surface area contributed by atoms with Gasteiger partial charge in [-0.15, -0.1) is 24.0 Å². The molecule has 1 unspecified atom stereocenters. The highest BCUT2D eigenvalue weighted by atomic mass is 127. The number of hydrogen-bond donors (Lipinski definition) is 2. The molecular formula is C21H37IN4O2. The Hall–Kier alpha value is -1.06. The molecule has 0 spiro atoms. The van der Waals surface area contributed by atoms with Crippen molar-refractivity contribution in [3.63, 3.8) is 0 Å². The molecule has 2 N–H and O–H groups in total. The van der Waals surface area contributed by atoms with Crippen LogP contribution in [0.5, 0.6) is 5.75 Å². The summed E-state index contributed by atoms with van der Waals surface area (Å²) in [4.78, 5) is 6.90. The van der Waals surface area contributed by atoms with E-state index >= 15 is 0 Å². The molecule has 1 aliphatic heterocycles. The third-order valence-corrected chi connectivity index (χ3v) is 5.05. The zero-order valence-electron chi connectivity index (χ0n) is 17.8. The van der Waals surface area contributed by atoms with Crippen LogP contribution in [0, 0.1) is 6.92 Å². The number of methoxy groups -OCH3 is 1. The van der Waals surface area contributed by atoms with Gasteiger partial charge in [-0.3, -0.25) is 9.89 Å². The minimum atomic E-state index is 0. The number of likely N-dealkylation sites (tertiary alicyclic amines) is 1. The fraction of sp³-hybridized carbons (Fsp3) is 0.667. The lowest BCUT2D eigenvalue weighted by atomic mass is 10.1. The van der Waals surface area contributed by atoms with Gasteiger partial charge in [0.05, 0.1) is 6.61 Å². The second-order valence-corrected chi connectivity index (χ2v) is 7.04. The van der Waals surface area contributed by atoms with Crippen LogP contribution in [0.3, 0.4) is 0 Å². The number of likely N-dealkylation sites (N-methyl/N-ethyl adjacent to an activating group) is 1. The van der Waals surface area contributed by atoms with Crippen molar-refractivity contribution in [3.8, 4) is 5.75 Å². The smallest absolute Gasteiger partial charge is 0.191 e. The predicted octanol–water partition coefficient (Wildman–Crippen LogP) is 3.18. The number of aliphatic imine (C=N–C) groups is 1. The maximum absolute atomic E-state index is 5.97. The first-order valence-corrected chi connectivity index (χ1v) is 10.1. The summed E-state index contributed by atoms with van der Waals surface area (Å²) in [6, 6.07) is 6.94. The lowest BCUT2D eigenvalue weighted by Crippen LogP contribution is -2.44. The fourth-order valence-corrected chi connectivity index (χ4v) is 3.48. The third kappa shape index (κ3) is 8.13. The van der Waals surface area contributed by atoms with Crippen LogP contribution in [0.1, 0.15) is 37.3 Å². The molecule has 1 saturated heterocycles. The Kier molecular flexibility index (Phi) is 12.5. The van der Waals surface area contributed by atoms with Gasteiger partial charge in [0, 0.05) is 51.9 Å². The topological polar surface area (TPSA) is 58.1 Å². The van der Waals surface area contributed by atoms with Gasteiger partial charge in [0.15, 0.2) is 5.96 Å². The molecule has 1 aliphatic rings. The van der Waals surface area contributed by atoms with E-state index in [-0.39, 0.29) is 24.0 Å². The maximum Gasteiger partial charge on any atom is 0.191 e. The van der Waals surface area contributed by atoms with Crippen molar-refractivity contribution in [2.75, 3.05) is 47.0 Å². The van der Waals surface area contributed by atoms with E-state index in [1.54, 1.807) is 7.11 Å². The number of halogens is 1. The Labute approximate surface area is 187 Å². The van der Waals surface area contributed by atoms with E-state index in [0.29, 0.717) is 25.8 Å².